The molecule has 0 aliphatic carbocycles. The minimum Gasteiger partial charge on any atom is -0.342 e. The largest absolute Gasteiger partial charge is 0.342 e. The third kappa shape index (κ3) is 3.60. The van der Waals surface area contributed by atoms with Gasteiger partial charge in [0.05, 0.1) is 35.7 Å². The summed E-state index contributed by atoms with van der Waals surface area (Å²) in [7, 11) is 0. The lowest BCUT2D eigenvalue weighted by Crippen LogP contribution is -3.14. The van der Waals surface area contributed by atoms with Gasteiger partial charge < -0.3 is 15.2 Å². The molecule has 2 atom stereocenters. The predicted octanol–water partition coefficient (Wildman–Crippen LogP) is 2.10. The van der Waals surface area contributed by atoms with Gasteiger partial charge in [0.2, 0.25) is 0 Å². The number of hydrogen-bond acceptors (Lipinski definition) is 2. The summed E-state index contributed by atoms with van der Waals surface area (Å²) >= 11 is 0. The van der Waals surface area contributed by atoms with E-state index in [-0.39, 0.29) is 11.6 Å². The standard InChI is InChI=1S/C20H21FN4O/c21-15-7-1-2-8-16(15)22-19(26)13-25-11-5-6-14(12-25)20-23-17-9-3-4-10-18(17)24-20/h1-4,7-10,14H,5-6,11-13H2,(H,22,26)(H,23,24)/p+1/t14-/m1/s1. The molecule has 1 fully saturated rings. The number of halogens is 1. The van der Waals surface area contributed by atoms with E-state index in [0.29, 0.717) is 12.5 Å². The van der Waals surface area contributed by atoms with Gasteiger partial charge in [-0.3, -0.25) is 4.79 Å². The van der Waals surface area contributed by atoms with Crippen molar-refractivity contribution in [3.8, 4) is 0 Å². The number of anilines is 1. The number of rotatable bonds is 4. The highest BCUT2D eigenvalue weighted by atomic mass is 19.1. The predicted molar refractivity (Wildman–Crippen MR) is 98.7 cm³/mol. The van der Waals surface area contributed by atoms with Gasteiger partial charge in [-0.2, -0.15) is 0 Å². The Labute approximate surface area is 151 Å². The number of carbonyl (C=O) groups excluding carboxylic acids is 1. The van der Waals surface area contributed by atoms with E-state index in [1.807, 2.05) is 24.3 Å². The normalized spacial score (nSPS) is 20.2. The van der Waals surface area contributed by atoms with Gasteiger partial charge in [-0.05, 0) is 37.1 Å². The first-order valence-corrected chi connectivity index (χ1v) is 9.01. The molecular weight excluding hydrogens is 331 g/mol. The molecule has 2 heterocycles. The molecule has 0 saturated carbocycles. The van der Waals surface area contributed by atoms with Crippen LogP contribution in [-0.4, -0.2) is 35.5 Å². The molecule has 0 bridgehead atoms. The first-order chi connectivity index (χ1) is 12.7. The summed E-state index contributed by atoms with van der Waals surface area (Å²) in [6.07, 6.45) is 2.11. The van der Waals surface area contributed by atoms with Crippen LogP contribution in [0.5, 0.6) is 0 Å². The van der Waals surface area contributed by atoms with Crippen molar-refractivity contribution in [2.45, 2.75) is 18.8 Å². The number of carbonyl (C=O) groups is 1. The summed E-state index contributed by atoms with van der Waals surface area (Å²) in [6, 6.07) is 14.3. The van der Waals surface area contributed by atoms with Gasteiger partial charge in [-0.25, -0.2) is 9.37 Å². The number of nitrogens with one attached hydrogen (secondary N) is 3. The summed E-state index contributed by atoms with van der Waals surface area (Å²) < 4.78 is 13.7. The fourth-order valence-electron chi connectivity index (χ4n) is 3.69. The van der Waals surface area contributed by atoms with Gasteiger partial charge >= 0.3 is 0 Å². The lowest BCUT2D eigenvalue weighted by Gasteiger charge is -2.28. The van der Waals surface area contributed by atoms with E-state index < -0.39 is 5.82 Å². The van der Waals surface area contributed by atoms with E-state index in [1.54, 1.807) is 18.2 Å². The third-order valence-corrected chi connectivity index (χ3v) is 4.97. The Bertz CT molecular complexity index is 890. The molecule has 26 heavy (non-hydrogen) atoms. The molecule has 1 amide bonds. The number of nitrogens with zero attached hydrogens (tertiary/aromatic N) is 1. The topological polar surface area (TPSA) is 62.2 Å². The first kappa shape index (κ1) is 16.7. The highest BCUT2D eigenvalue weighted by Crippen LogP contribution is 2.22. The molecule has 1 aliphatic heterocycles. The maximum Gasteiger partial charge on any atom is 0.279 e. The van der Waals surface area contributed by atoms with Crippen molar-refractivity contribution in [3.63, 3.8) is 0 Å². The minimum atomic E-state index is -0.408. The molecule has 1 aliphatic rings. The first-order valence-electron chi connectivity index (χ1n) is 9.01. The molecule has 1 saturated heterocycles. The van der Waals surface area contributed by atoms with Gasteiger partial charge in [0, 0.05) is 0 Å². The Morgan fingerprint density at radius 1 is 1.23 bits per heavy atom. The average molecular weight is 353 g/mol. The number of aromatic amines is 1. The molecule has 1 aromatic heterocycles. The fraction of sp³-hybridized carbons (Fsp3) is 0.300. The number of hydrogen-bond donors (Lipinski definition) is 3. The Morgan fingerprint density at radius 2 is 2.04 bits per heavy atom. The second-order valence-corrected chi connectivity index (χ2v) is 6.89. The van der Waals surface area contributed by atoms with Crippen LogP contribution in [0.2, 0.25) is 0 Å². The lowest BCUT2D eigenvalue weighted by atomic mass is 9.97. The monoisotopic (exact) mass is 353 g/mol. The summed E-state index contributed by atoms with van der Waals surface area (Å²) in [4.78, 5) is 21.6. The van der Waals surface area contributed by atoms with Crippen molar-refractivity contribution in [1.82, 2.24) is 9.97 Å². The van der Waals surface area contributed by atoms with Crippen LogP contribution in [0.4, 0.5) is 10.1 Å². The van der Waals surface area contributed by atoms with Crippen LogP contribution in [-0.2, 0) is 4.79 Å². The van der Waals surface area contributed by atoms with Crippen molar-refractivity contribution in [1.29, 1.82) is 0 Å². The van der Waals surface area contributed by atoms with Crippen LogP contribution < -0.4 is 10.2 Å². The minimum absolute atomic E-state index is 0.157. The molecule has 1 unspecified atom stereocenters. The van der Waals surface area contributed by atoms with Crippen molar-refractivity contribution < 1.29 is 14.1 Å². The van der Waals surface area contributed by atoms with Crippen molar-refractivity contribution in [2.75, 3.05) is 25.0 Å². The molecule has 3 N–H and O–H groups in total. The number of piperidine rings is 1. The Balaban J connectivity index is 1.40. The molecular formula is C20H22FN4O+. The van der Waals surface area contributed by atoms with Gasteiger partial charge in [0.15, 0.2) is 6.54 Å². The van der Waals surface area contributed by atoms with Crippen molar-refractivity contribution >= 4 is 22.6 Å². The zero-order valence-electron chi connectivity index (χ0n) is 14.5. The number of imidazole rings is 1. The zero-order chi connectivity index (χ0) is 17.9. The number of likely N-dealkylation sites (tertiary alicyclic amines) is 1. The number of fused-ring (bicyclic) bond motifs is 1. The molecule has 3 aromatic rings. The summed E-state index contributed by atoms with van der Waals surface area (Å²) in [6.45, 7) is 2.14. The number of benzene rings is 2. The van der Waals surface area contributed by atoms with E-state index in [1.165, 1.54) is 11.0 Å². The average Bonchev–Trinajstić information content (AvgIpc) is 3.08. The molecule has 4 rings (SSSR count). The Kier molecular flexibility index (Phi) is 4.67. The van der Waals surface area contributed by atoms with Crippen molar-refractivity contribution in [2.24, 2.45) is 0 Å². The number of H-pyrrole nitrogens is 1. The van der Waals surface area contributed by atoms with Gasteiger partial charge in [0.25, 0.3) is 5.91 Å². The molecule has 0 radical (unpaired) electrons. The molecule has 2 aromatic carbocycles. The number of quaternary nitrogens is 1. The van der Waals surface area contributed by atoms with E-state index in [4.69, 9.17) is 4.98 Å². The summed E-state index contributed by atoms with van der Waals surface area (Å²) in [5.74, 6) is 0.746. The summed E-state index contributed by atoms with van der Waals surface area (Å²) in [5, 5.41) is 2.68. The molecule has 6 heteroatoms. The highest BCUT2D eigenvalue weighted by Gasteiger charge is 2.28. The second kappa shape index (κ2) is 7.25. The third-order valence-electron chi connectivity index (χ3n) is 4.97. The van der Waals surface area contributed by atoms with Gasteiger partial charge in [-0.15, -0.1) is 0 Å². The SMILES string of the molecule is O=C(C[NH+]1CCC[C@@H](c2nc3ccccc3[nH]2)C1)Nc1ccccc1F. The fourth-order valence-corrected chi connectivity index (χ4v) is 3.69. The lowest BCUT2D eigenvalue weighted by molar-refractivity contribution is -0.898. The van der Waals surface area contributed by atoms with Gasteiger partial charge in [0.1, 0.15) is 11.6 Å². The summed E-state index contributed by atoms with van der Waals surface area (Å²) in [5.41, 5.74) is 2.27. The Morgan fingerprint density at radius 3 is 2.88 bits per heavy atom. The van der Waals surface area contributed by atoms with Crippen molar-refractivity contribution in [3.05, 3.63) is 60.2 Å². The maximum atomic E-state index is 13.7. The maximum absolute atomic E-state index is 13.7. The number of aromatic nitrogens is 2. The van der Waals surface area contributed by atoms with Crippen LogP contribution in [0.15, 0.2) is 48.5 Å². The molecule has 134 valence electrons. The van der Waals surface area contributed by atoms with E-state index in [9.17, 15) is 9.18 Å². The van der Waals surface area contributed by atoms with E-state index in [0.717, 1.165) is 42.8 Å². The van der Waals surface area contributed by atoms with Crippen LogP contribution in [0, 0.1) is 5.82 Å². The van der Waals surface area contributed by atoms with Crippen LogP contribution in [0.25, 0.3) is 11.0 Å². The number of para-hydroxylation sites is 3. The molecule has 0 spiro atoms. The van der Waals surface area contributed by atoms with E-state index >= 15 is 0 Å². The quantitative estimate of drug-likeness (QED) is 0.673. The van der Waals surface area contributed by atoms with Gasteiger partial charge in [-0.1, -0.05) is 24.3 Å². The highest BCUT2D eigenvalue weighted by molar-refractivity contribution is 5.91. The Hall–Kier alpha value is -2.73. The number of amides is 1. The van der Waals surface area contributed by atoms with Crippen LogP contribution >= 0.6 is 0 Å². The van der Waals surface area contributed by atoms with Crippen LogP contribution in [0.1, 0.15) is 24.6 Å². The van der Waals surface area contributed by atoms with Crippen LogP contribution in [0.3, 0.4) is 0 Å². The smallest absolute Gasteiger partial charge is 0.279 e. The van der Waals surface area contributed by atoms with E-state index in [2.05, 4.69) is 10.3 Å². The second-order valence-electron chi connectivity index (χ2n) is 6.89. The molecule has 5 nitrogen and oxygen atoms in total. The zero-order valence-corrected chi connectivity index (χ0v) is 14.5.